The number of nitrogens with one attached hydrogen (secondary N) is 1. The molecule has 2 aromatic heterocycles. The molecule has 0 radical (unpaired) electrons. The fraction of sp³-hybridized carbons (Fsp3) is 0.476. The van der Waals surface area contributed by atoms with Gasteiger partial charge < -0.3 is 20.5 Å². The van der Waals surface area contributed by atoms with Gasteiger partial charge in [-0.25, -0.2) is 14.6 Å². The molecule has 0 fully saturated rings. The zero-order valence-electron chi connectivity index (χ0n) is 18.5. The van der Waals surface area contributed by atoms with Crippen LogP contribution in [0, 0.1) is 0 Å². The summed E-state index contributed by atoms with van der Waals surface area (Å²) in [6.45, 7) is 10.4. The van der Waals surface area contributed by atoms with E-state index in [0.29, 0.717) is 22.0 Å². The molecule has 10 heteroatoms. The third-order valence-electron chi connectivity index (χ3n) is 3.62. The number of rotatable bonds is 6. The van der Waals surface area contributed by atoms with Crippen LogP contribution < -0.4 is 11.1 Å². The Labute approximate surface area is 185 Å². The Balaban J connectivity index is 2.18. The number of carbonyl (C=O) groups excluding carboxylic acids is 3. The Kier molecular flexibility index (Phi) is 7.37. The summed E-state index contributed by atoms with van der Waals surface area (Å²) in [6.07, 6.45) is 0.784. The number of aromatic nitrogens is 2. The predicted molar refractivity (Wildman–Crippen MR) is 117 cm³/mol. The third-order valence-corrected chi connectivity index (χ3v) is 4.49. The summed E-state index contributed by atoms with van der Waals surface area (Å²) in [5.74, 6) is -1.15. The summed E-state index contributed by atoms with van der Waals surface area (Å²) in [4.78, 5) is 44.8. The molecule has 1 atom stereocenters. The molecular formula is C21H28N4O5S. The van der Waals surface area contributed by atoms with Gasteiger partial charge in [0.25, 0.3) is 0 Å². The van der Waals surface area contributed by atoms with Crippen LogP contribution in [0.2, 0.25) is 0 Å². The van der Waals surface area contributed by atoms with Gasteiger partial charge in [-0.05, 0) is 53.7 Å². The lowest BCUT2D eigenvalue weighted by Crippen LogP contribution is -2.47. The predicted octanol–water partition coefficient (Wildman–Crippen LogP) is 3.08. The number of nitrogens with zero attached hydrogens (tertiary/aromatic N) is 2. The van der Waals surface area contributed by atoms with Crippen molar-refractivity contribution in [3.05, 3.63) is 34.3 Å². The van der Waals surface area contributed by atoms with E-state index in [1.165, 1.54) is 17.5 Å². The number of carbonyl (C=O) groups is 3. The van der Waals surface area contributed by atoms with Crippen LogP contribution in [0.4, 0.5) is 4.79 Å². The number of nitrogens with two attached hydrogens (primary N) is 1. The molecule has 0 spiro atoms. The Bertz CT molecular complexity index is 942. The molecule has 0 aromatic carbocycles. The van der Waals surface area contributed by atoms with E-state index in [2.05, 4.69) is 15.3 Å². The van der Waals surface area contributed by atoms with Crippen molar-refractivity contribution in [1.29, 1.82) is 0 Å². The van der Waals surface area contributed by atoms with E-state index in [-0.39, 0.29) is 6.42 Å². The maximum absolute atomic E-state index is 12.7. The van der Waals surface area contributed by atoms with E-state index in [1.807, 2.05) is 0 Å². The van der Waals surface area contributed by atoms with E-state index >= 15 is 0 Å². The zero-order valence-corrected chi connectivity index (χ0v) is 19.3. The Morgan fingerprint density at radius 1 is 1.06 bits per heavy atom. The van der Waals surface area contributed by atoms with Crippen molar-refractivity contribution in [3.63, 3.8) is 0 Å². The number of esters is 1. The first kappa shape index (κ1) is 24.3. The summed E-state index contributed by atoms with van der Waals surface area (Å²) < 4.78 is 10.7. The summed E-state index contributed by atoms with van der Waals surface area (Å²) in [5, 5.41) is 4.96. The van der Waals surface area contributed by atoms with Crippen LogP contribution in [-0.4, -0.2) is 45.2 Å². The number of amides is 2. The van der Waals surface area contributed by atoms with Crippen LogP contribution in [0.25, 0.3) is 11.4 Å². The van der Waals surface area contributed by atoms with E-state index in [9.17, 15) is 14.4 Å². The lowest BCUT2D eigenvalue weighted by atomic mass is 10.1. The topological polar surface area (TPSA) is 134 Å². The SMILES string of the molecule is CC(C)(C)OC(=O)N[C@@H](Cc1nc(-c2ccc(C(N)=O)cn2)cs1)C(=O)OC(C)(C)C. The number of pyridine rings is 1. The van der Waals surface area contributed by atoms with Crippen molar-refractivity contribution in [2.45, 2.75) is 65.2 Å². The first-order valence-corrected chi connectivity index (χ1v) is 10.5. The van der Waals surface area contributed by atoms with Crippen LogP contribution in [0.15, 0.2) is 23.7 Å². The molecule has 0 aliphatic carbocycles. The van der Waals surface area contributed by atoms with Gasteiger partial charge >= 0.3 is 12.1 Å². The third kappa shape index (κ3) is 7.97. The highest BCUT2D eigenvalue weighted by atomic mass is 32.1. The van der Waals surface area contributed by atoms with Gasteiger partial charge in [0.1, 0.15) is 17.2 Å². The molecule has 0 saturated heterocycles. The lowest BCUT2D eigenvalue weighted by Gasteiger charge is -2.26. The smallest absolute Gasteiger partial charge is 0.408 e. The Morgan fingerprint density at radius 2 is 1.71 bits per heavy atom. The van der Waals surface area contributed by atoms with Gasteiger partial charge in [-0.2, -0.15) is 0 Å². The van der Waals surface area contributed by atoms with E-state index in [4.69, 9.17) is 15.2 Å². The van der Waals surface area contributed by atoms with Crippen molar-refractivity contribution in [2.75, 3.05) is 0 Å². The number of hydrogen-bond donors (Lipinski definition) is 2. The van der Waals surface area contributed by atoms with Gasteiger partial charge in [-0.1, -0.05) is 0 Å². The lowest BCUT2D eigenvalue weighted by molar-refractivity contribution is -0.157. The summed E-state index contributed by atoms with van der Waals surface area (Å²) in [5.41, 5.74) is 5.24. The second kappa shape index (κ2) is 9.42. The summed E-state index contributed by atoms with van der Waals surface area (Å²) in [7, 11) is 0. The average molecular weight is 449 g/mol. The molecule has 3 N–H and O–H groups in total. The monoisotopic (exact) mass is 448 g/mol. The first-order valence-electron chi connectivity index (χ1n) is 9.66. The van der Waals surface area contributed by atoms with Gasteiger partial charge in [-0.3, -0.25) is 9.78 Å². The fourth-order valence-electron chi connectivity index (χ4n) is 2.40. The van der Waals surface area contributed by atoms with Gasteiger partial charge in [-0.15, -0.1) is 11.3 Å². The highest BCUT2D eigenvalue weighted by Gasteiger charge is 2.29. The molecule has 2 heterocycles. The number of alkyl carbamates (subject to hydrolysis) is 1. The van der Waals surface area contributed by atoms with Crippen LogP contribution >= 0.6 is 11.3 Å². The molecule has 168 valence electrons. The molecule has 9 nitrogen and oxygen atoms in total. The molecule has 0 aliphatic rings. The largest absolute Gasteiger partial charge is 0.458 e. The van der Waals surface area contributed by atoms with Crippen molar-refractivity contribution in [1.82, 2.24) is 15.3 Å². The normalized spacial score (nSPS) is 12.7. The maximum atomic E-state index is 12.7. The minimum atomic E-state index is -0.974. The highest BCUT2D eigenvalue weighted by Crippen LogP contribution is 2.22. The number of hydrogen-bond acceptors (Lipinski definition) is 8. The second-order valence-electron chi connectivity index (χ2n) is 8.86. The van der Waals surface area contributed by atoms with E-state index < -0.39 is 35.2 Å². The highest BCUT2D eigenvalue weighted by molar-refractivity contribution is 7.10. The van der Waals surface area contributed by atoms with Crippen molar-refractivity contribution in [3.8, 4) is 11.4 Å². The van der Waals surface area contributed by atoms with E-state index in [0.717, 1.165) is 0 Å². The molecule has 0 aliphatic heterocycles. The maximum Gasteiger partial charge on any atom is 0.408 e. The Hall–Kier alpha value is -3.01. The number of ether oxygens (including phenoxy) is 2. The average Bonchev–Trinajstić information content (AvgIpc) is 3.06. The van der Waals surface area contributed by atoms with Gasteiger partial charge in [0, 0.05) is 18.0 Å². The van der Waals surface area contributed by atoms with Crippen LogP contribution in [0.3, 0.4) is 0 Å². The molecular weight excluding hydrogens is 420 g/mol. The van der Waals surface area contributed by atoms with Crippen LogP contribution in [0.5, 0.6) is 0 Å². The van der Waals surface area contributed by atoms with E-state index in [1.54, 1.807) is 59.1 Å². The van der Waals surface area contributed by atoms with Crippen molar-refractivity contribution in [2.24, 2.45) is 5.73 Å². The molecule has 0 unspecified atom stereocenters. The first-order chi connectivity index (χ1) is 14.2. The quantitative estimate of drug-likeness (QED) is 0.649. The molecule has 2 rings (SSSR count). The molecule has 0 bridgehead atoms. The number of thiazole rings is 1. The zero-order chi connectivity index (χ0) is 23.4. The van der Waals surface area contributed by atoms with Crippen LogP contribution in [-0.2, 0) is 20.7 Å². The summed E-state index contributed by atoms with van der Waals surface area (Å²) >= 11 is 1.32. The van der Waals surface area contributed by atoms with Crippen LogP contribution in [0.1, 0.15) is 56.9 Å². The minimum absolute atomic E-state index is 0.123. The number of primary amides is 1. The fourth-order valence-corrected chi connectivity index (χ4v) is 3.24. The minimum Gasteiger partial charge on any atom is -0.458 e. The molecule has 31 heavy (non-hydrogen) atoms. The molecule has 2 amide bonds. The van der Waals surface area contributed by atoms with Gasteiger partial charge in [0.2, 0.25) is 5.91 Å². The van der Waals surface area contributed by atoms with Crippen molar-refractivity contribution >= 4 is 29.3 Å². The van der Waals surface area contributed by atoms with Gasteiger partial charge in [0.15, 0.2) is 0 Å². The van der Waals surface area contributed by atoms with Gasteiger partial charge in [0.05, 0.1) is 22.0 Å². The molecule has 2 aromatic rings. The molecule has 0 saturated carbocycles. The van der Waals surface area contributed by atoms with Crippen molar-refractivity contribution < 1.29 is 23.9 Å². The second-order valence-corrected chi connectivity index (χ2v) is 9.80. The summed E-state index contributed by atoms with van der Waals surface area (Å²) in [6, 6.07) is 2.23. The Morgan fingerprint density at radius 3 is 2.23 bits per heavy atom. The standard InChI is InChI=1S/C21H28N4O5S/c1-20(2,3)29-18(27)14(25-19(28)30-21(4,5)6)9-16-24-15(11-31-16)13-8-7-12(10-23-13)17(22)26/h7-8,10-11,14H,9H2,1-6H3,(H2,22,26)(H,25,28)/t14-/m0/s1.